The molecular formula is C44H63ClF3N9O21P2. The number of ether oxygens (including phenoxy) is 11. The van der Waals surface area contributed by atoms with Gasteiger partial charge >= 0.3 is 21.2 Å². The van der Waals surface area contributed by atoms with E-state index in [0.29, 0.717) is 89.2 Å². The van der Waals surface area contributed by atoms with E-state index in [4.69, 9.17) is 73.3 Å². The number of hydrogen-bond acceptors (Lipinski definition) is 24. The van der Waals surface area contributed by atoms with E-state index in [9.17, 15) is 47.0 Å². The fraction of sp³-hybridized carbons (Fsp3) is 0.659. The van der Waals surface area contributed by atoms with Gasteiger partial charge in [0.05, 0.1) is 156 Å². The molecule has 2 aliphatic heterocycles. The average Bonchev–Trinajstić information content (AvgIpc) is 4.19. The van der Waals surface area contributed by atoms with Crippen molar-refractivity contribution in [1.82, 2.24) is 40.1 Å². The number of halogens is 4. The highest BCUT2D eigenvalue weighted by Crippen LogP contribution is 2.55. The van der Waals surface area contributed by atoms with Gasteiger partial charge in [-0.25, -0.2) is 22.5 Å². The second-order valence-corrected chi connectivity index (χ2v) is 21.6. The van der Waals surface area contributed by atoms with Crippen molar-refractivity contribution in [1.29, 1.82) is 0 Å². The number of amides is 1. The van der Waals surface area contributed by atoms with Crippen molar-refractivity contribution in [2.45, 2.75) is 50.2 Å². The SMILES string of the molecule is O=C(CCOCCOCCOCCOCCn1cc(COCCOCCOCCOCCNC(=O)C2COCCN2c2nc(Cl)nc3c2cnn3[C@@H]2O[C@H](COP(=O)(O)CP(=O)(O)O)[C@@H](O)[C@H]2O)nn1)Oc1c(F)cc(F)cc1F. The normalized spacial score (nSPS) is 19.5. The van der Waals surface area contributed by atoms with Crippen molar-refractivity contribution in [2.75, 3.05) is 143 Å². The Morgan fingerprint density at radius 2 is 1.40 bits per heavy atom. The Labute approximate surface area is 459 Å². The number of hydrogen-bond donors (Lipinski definition) is 6. The van der Waals surface area contributed by atoms with E-state index in [1.54, 1.807) is 15.8 Å². The van der Waals surface area contributed by atoms with Gasteiger partial charge in [-0.2, -0.15) is 15.1 Å². The van der Waals surface area contributed by atoms with Crippen molar-refractivity contribution in [2.24, 2.45) is 0 Å². The lowest BCUT2D eigenvalue weighted by Crippen LogP contribution is -2.54. The zero-order valence-electron chi connectivity index (χ0n) is 42.9. The third-order valence-electron chi connectivity index (χ3n) is 11.2. The van der Waals surface area contributed by atoms with Crippen LogP contribution in [0.2, 0.25) is 5.28 Å². The van der Waals surface area contributed by atoms with Crippen LogP contribution in [0.4, 0.5) is 19.0 Å². The first-order chi connectivity index (χ1) is 38.4. The van der Waals surface area contributed by atoms with E-state index >= 15 is 0 Å². The molecule has 448 valence electrons. The van der Waals surface area contributed by atoms with Crippen molar-refractivity contribution in [3.63, 3.8) is 0 Å². The van der Waals surface area contributed by atoms with Gasteiger partial charge in [-0.1, -0.05) is 5.21 Å². The van der Waals surface area contributed by atoms with E-state index in [1.165, 1.54) is 6.20 Å². The molecule has 1 aromatic carbocycles. The van der Waals surface area contributed by atoms with E-state index < -0.39 is 93.4 Å². The van der Waals surface area contributed by atoms with Gasteiger partial charge in [-0.3, -0.25) is 18.7 Å². The number of rotatable bonds is 38. The highest BCUT2D eigenvalue weighted by atomic mass is 35.5. The third kappa shape index (κ3) is 21.4. The summed E-state index contributed by atoms with van der Waals surface area (Å²) in [7, 11) is -9.72. The van der Waals surface area contributed by atoms with Gasteiger partial charge in [0, 0.05) is 25.2 Å². The van der Waals surface area contributed by atoms with Crippen LogP contribution in [0.3, 0.4) is 0 Å². The molecule has 2 unspecified atom stereocenters. The molecular weight excluding hydrogens is 1140 g/mol. The predicted molar refractivity (Wildman–Crippen MR) is 266 cm³/mol. The molecule has 5 heterocycles. The molecule has 2 fully saturated rings. The minimum absolute atomic E-state index is 0.00111. The minimum Gasteiger partial charge on any atom is -0.420 e. The van der Waals surface area contributed by atoms with Gasteiger partial charge in [0.25, 0.3) is 0 Å². The molecule has 0 saturated carbocycles. The smallest absolute Gasteiger partial charge is 0.340 e. The molecule has 0 aliphatic carbocycles. The summed E-state index contributed by atoms with van der Waals surface area (Å²) in [5.41, 5.74) is 0.686. The summed E-state index contributed by atoms with van der Waals surface area (Å²) >= 11 is 6.34. The van der Waals surface area contributed by atoms with Crippen LogP contribution in [-0.4, -0.2) is 234 Å². The Kier molecular flexibility index (Phi) is 26.7. The Hall–Kier alpha value is -4.45. The quantitative estimate of drug-likeness (QED) is 0.0114. The molecule has 6 N–H and O–H groups in total. The molecule has 4 aromatic rings. The number of fused-ring (bicyclic) bond motifs is 1. The summed E-state index contributed by atoms with van der Waals surface area (Å²) in [6.45, 7) is 4.57. The largest absolute Gasteiger partial charge is 0.420 e. The monoisotopic (exact) mass is 1210 g/mol. The van der Waals surface area contributed by atoms with Crippen LogP contribution in [0.1, 0.15) is 18.3 Å². The van der Waals surface area contributed by atoms with Crippen LogP contribution in [-0.2, 0) is 83.8 Å². The Balaban J connectivity index is 0.735. The molecule has 80 heavy (non-hydrogen) atoms. The Bertz CT molecular complexity index is 2640. The number of carbonyl (C=O) groups excluding carboxylic acids is 2. The zero-order chi connectivity index (χ0) is 57.5. The maximum absolute atomic E-state index is 13.6. The van der Waals surface area contributed by atoms with Gasteiger partial charge in [0.2, 0.25) is 16.9 Å². The molecule has 36 heteroatoms. The van der Waals surface area contributed by atoms with Crippen LogP contribution < -0.4 is 15.0 Å². The molecule has 2 saturated heterocycles. The zero-order valence-corrected chi connectivity index (χ0v) is 45.5. The first-order valence-corrected chi connectivity index (χ1v) is 28.7. The number of morpholine rings is 1. The van der Waals surface area contributed by atoms with Gasteiger partial charge in [-0.05, 0) is 11.6 Å². The summed E-state index contributed by atoms with van der Waals surface area (Å²) < 4.78 is 131. The molecule has 0 spiro atoms. The predicted octanol–water partition coefficient (Wildman–Crippen LogP) is 0.0950. The second kappa shape index (κ2) is 33.0. The minimum atomic E-state index is -4.92. The van der Waals surface area contributed by atoms with Crippen molar-refractivity contribution < 1.29 is 113 Å². The Morgan fingerprint density at radius 1 is 0.800 bits per heavy atom. The van der Waals surface area contributed by atoms with E-state index in [1.807, 2.05) is 0 Å². The summed E-state index contributed by atoms with van der Waals surface area (Å²) in [5, 5.41) is 36.8. The first kappa shape index (κ1) is 64.7. The first-order valence-electron chi connectivity index (χ1n) is 24.8. The molecule has 2 aliphatic rings. The summed E-state index contributed by atoms with van der Waals surface area (Å²) in [5.74, 6) is -7.31. The van der Waals surface area contributed by atoms with Gasteiger partial charge in [0.15, 0.2) is 29.4 Å². The molecule has 6 rings (SSSR count). The molecule has 30 nitrogen and oxygen atoms in total. The highest BCUT2D eigenvalue weighted by molar-refractivity contribution is 7.70. The lowest BCUT2D eigenvalue weighted by atomic mass is 10.1. The van der Waals surface area contributed by atoms with E-state index in [2.05, 4.69) is 35.4 Å². The number of anilines is 1. The number of aromatic nitrogens is 7. The molecule has 6 atom stereocenters. The summed E-state index contributed by atoms with van der Waals surface area (Å²) in [6.07, 6.45) is -3.35. The number of aliphatic hydroxyl groups is 2. The lowest BCUT2D eigenvalue weighted by Gasteiger charge is -2.35. The van der Waals surface area contributed by atoms with Gasteiger partial charge in [-0.15, -0.1) is 5.10 Å². The number of nitrogens with one attached hydrogen (secondary N) is 1. The second-order valence-electron chi connectivity index (χ2n) is 17.2. The maximum atomic E-state index is 13.6. The summed E-state index contributed by atoms with van der Waals surface area (Å²) in [4.78, 5) is 63.4. The fourth-order valence-corrected chi connectivity index (χ4v) is 10.2. The average molecular weight is 1210 g/mol. The van der Waals surface area contributed by atoms with E-state index in [-0.39, 0.29) is 95.7 Å². The number of aliphatic hydroxyl groups excluding tert-OH is 2. The maximum Gasteiger partial charge on any atom is 0.340 e. The number of carbonyl (C=O) groups is 2. The van der Waals surface area contributed by atoms with Crippen LogP contribution >= 0.6 is 26.8 Å². The standard InChI is InChI=1S/C44H63ClF3N9O21P2/c45-44-51-40(31-23-50-57(41(31)52-44)43-38(60)37(59)35(77-43)27-76-80(65,66)28-79(62,63)64)56-4-8-74-26-34(56)42(61)49-2-6-68-10-13-71-17-18-73-19-20-75-25-30-24-55(54-53-30)3-7-69-11-14-72-16-15-70-12-9-67-5-1-36(58)78-39-32(47)21-29(46)22-33(39)48/h21-24,34-35,37-38,43,59-60H,1-20,25-28H2,(H,49,61)(H,65,66)(H2,62,63,64)/t34?,35-,37-,38-,43-/m1/s1. The Morgan fingerprint density at radius 3 is 2.04 bits per heavy atom. The fourth-order valence-electron chi connectivity index (χ4n) is 7.48. The molecule has 1 amide bonds. The van der Waals surface area contributed by atoms with Gasteiger partial charge < -0.3 is 91.7 Å². The van der Waals surface area contributed by atoms with Crippen molar-refractivity contribution >= 4 is 55.5 Å². The third-order valence-corrected chi connectivity index (χ3v) is 14.8. The topological polar surface area (TPSA) is 370 Å². The molecule has 3 aromatic heterocycles. The van der Waals surface area contributed by atoms with Crippen LogP contribution in [0.15, 0.2) is 24.5 Å². The summed E-state index contributed by atoms with van der Waals surface area (Å²) in [6, 6.07) is -0.0431. The van der Waals surface area contributed by atoms with E-state index in [0.717, 1.165) is 4.68 Å². The molecule has 0 radical (unpaired) electrons. The van der Waals surface area contributed by atoms with Crippen LogP contribution in [0.5, 0.6) is 5.75 Å². The number of nitrogens with zero attached hydrogens (tertiary/aromatic N) is 8. The van der Waals surface area contributed by atoms with Crippen molar-refractivity contribution in [3.8, 4) is 5.75 Å². The van der Waals surface area contributed by atoms with Crippen molar-refractivity contribution in [3.05, 3.63) is 53.0 Å². The molecule has 0 bridgehead atoms. The number of esters is 1. The van der Waals surface area contributed by atoms with Crippen LogP contribution in [0.25, 0.3) is 11.0 Å². The number of benzene rings is 1. The van der Waals surface area contributed by atoms with Gasteiger partial charge in [0.1, 0.15) is 41.7 Å². The lowest BCUT2D eigenvalue weighted by molar-refractivity contribution is -0.136. The highest BCUT2D eigenvalue weighted by Gasteiger charge is 2.46. The van der Waals surface area contributed by atoms with Crippen LogP contribution in [0, 0.1) is 17.5 Å².